The fraction of sp³-hybridized carbons (Fsp3) is 0.455. The molecule has 1 fully saturated rings. The van der Waals surface area contributed by atoms with Crippen molar-refractivity contribution in [1.29, 1.82) is 0 Å². The summed E-state index contributed by atoms with van der Waals surface area (Å²) in [6.45, 7) is 2.89. The van der Waals surface area contributed by atoms with Crippen molar-refractivity contribution >= 4 is 23.0 Å². The Labute approximate surface area is 98.8 Å². The number of nitrogens with zero attached hydrogens (tertiary/aromatic N) is 1. The minimum Gasteiger partial charge on any atom is -0.378 e. The molecule has 0 aromatic heterocycles. The molecular formula is C11H13ClN2O2. The van der Waals surface area contributed by atoms with Crippen LogP contribution >= 0.6 is 11.6 Å². The molecule has 1 aliphatic rings. The van der Waals surface area contributed by atoms with Gasteiger partial charge < -0.3 is 5.32 Å². The molecule has 0 saturated heterocycles. The molecule has 0 heterocycles. The summed E-state index contributed by atoms with van der Waals surface area (Å²) in [5.74, 6) is 0. The van der Waals surface area contributed by atoms with Crippen LogP contribution in [0.25, 0.3) is 0 Å². The SMILES string of the molecule is CC1(CNc2c(Cl)cccc2[N+](=O)[O-])CC1. The molecule has 1 N–H and O–H groups in total. The van der Waals surface area contributed by atoms with Crippen molar-refractivity contribution < 1.29 is 4.92 Å². The minimum atomic E-state index is -0.413. The van der Waals surface area contributed by atoms with Crippen molar-refractivity contribution in [3.05, 3.63) is 33.3 Å². The highest BCUT2D eigenvalue weighted by Crippen LogP contribution is 2.45. The second-order valence-electron chi connectivity index (χ2n) is 4.56. The number of benzene rings is 1. The molecule has 0 bridgehead atoms. The third kappa shape index (κ3) is 2.27. The fourth-order valence-electron chi connectivity index (χ4n) is 1.53. The molecule has 1 aliphatic carbocycles. The van der Waals surface area contributed by atoms with E-state index in [1.54, 1.807) is 12.1 Å². The van der Waals surface area contributed by atoms with Crippen LogP contribution in [0.15, 0.2) is 18.2 Å². The van der Waals surface area contributed by atoms with Crippen molar-refractivity contribution in [2.45, 2.75) is 19.8 Å². The maximum absolute atomic E-state index is 10.8. The number of anilines is 1. The lowest BCUT2D eigenvalue weighted by Gasteiger charge is -2.12. The van der Waals surface area contributed by atoms with Crippen molar-refractivity contribution in [3.63, 3.8) is 0 Å². The zero-order valence-electron chi connectivity index (χ0n) is 9.00. The van der Waals surface area contributed by atoms with Crippen molar-refractivity contribution in [2.24, 2.45) is 5.41 Å². The summed E-state index contributed by atoms with van der Waals surface area (Å²) in [7, 11) is 0. The molecule has 4 nitrogen and oxygen atoms in total. The largest absolute Gasteiger partial charge is 0.378 e. The van der Waals surface area contributed by atoms with Gasteiger partial charge in [0.25, 0.3) is 5.69 Å². The van der Waals surface area contributed by atoms with Gasteiger partial charge in [0, 0.05) is 12.6 Å². The summed E-state index contributed by atoms with van der Waals surface area (Å²) in [6, 6.07) is 4.71. The van der Waals surface area contributed by atoms with Crippen LogP contribution in [0, 0.1) is 15.5 Å². The van der Waals surface area contributed by atoms with Crippen molar-refractivity contribution in [1.82, 2.24) is 0 Å². The van der Waals surface area contributed by atoms with Gasteiger partial charge in [-0.25, -0.2) is 0 Å². The number of nitro groups is 1. The Hall–Kier alpha value is -1.29. The van der Waals surface area contributed by atoms with Crippen LogP contribution in [0.4, 0.5) is 11.4 Å². The van der Waals surface area contributed by atoms with Gasteiger partial charge >= 0.3 is 0 Å². The standard InChI is InChI=1S/C11H13ClN2O2/c1-11(5-6-11)7-13-10-8(12)3-2-4-9(10)14(15)16/h2-4,13H,5-7H2,1H3. The first-order valence-corrected chi connectivity index (χ1v) is 5.56. The molecule has 1 aromatic carbocycles. The smallest absolute Gasteiger partial charge is 0.293 e. The van der Waals surface area contributed by atoms with E-state index in [0.29, 0.717) is 10.7 Å². The molecule has 1 aromatic rings. The van der Waals surface area contributed by atoms with E-state index in [-0.39, 0.29) is 11.1 Å². The second kappa shape index (κ2) is 3.94. The van der Waals surface area contributed by atoms with Crippen LogP contribution < -0.4 is 5.32 Å². The number of nitro benzene ring substituents is 1. The lowest BCUT2D eigenvalue weighted by molar-refractivity contribution is -0.383. The second-order valence-corrected chi connectivity index (χ2v) is 4.96. The first-order chi connectivity index (χ1) is 7.52. The molecule has 5 heteroatoms. The summed E-state index contributed by atoms with van der Waals surface area (Å²) in [6.07, 6.45) is 2.33. The third-order valence-electron chi connectivity index (χ3n) is 2.98. The van der Waals surface area contributed by atoms with Gasteiger partial charge in [-0.05, 0) is 24.3 Å². The lowest BCUT2D eigenvalue weighted by Crippen LogP contribution is -2.13. The number of para-hydroxylation sites is 1. The summed E-state index contributed by atoms with van der Waals surface area (Å²) < 4.78 is 0. The van der Waals surface area contributed by atoms with Gasteiger partial charge in [-0.15, -0.1) is 0 Å². The third-order valence-corrected chi connectivity index (χ3v) is 3.30. The Morgan fingerprint density at radius 2 is 2.25 bits per heavy atom. The van der Waals surface area contributed by atoms with Gasteiger partial charge in [-0.2, -0.15) is 0 Å². The van der Waals surface area contributed by atoms with Crippen molar-refractivity contribution in [3.8, 4) is 0 Å². The average Bonchev–Trinajstić information content (AvgIpc) is 2.95. The summed E-state index contributed by atoms with van der Waals surface area (Å²) in [5, 5.41) is 14.3. The van der Waals surface area contributed by atoms with Gasteiger partial charge in [0.1, 0.15) is 5.69 Å². The zero-order chi connectivity index (χ0) is 11.8. The van der Waals surface area contributed by atoms with Crippen LogP contribution in [0.1, 0.15) is 19.8 Å². The number of halogens is 1. The predicted octanol–water partition coefficient (Wildman–Crippen LogP) is 3.46. The molecule has 16 heavy (non-hydrogen) atoms. The Bertz CT molecular complexity index is 430. The molecule has 0 radical (unpaired) electrons. The van der Waals surface area contributed by atoms with E-state index in [2.05, 4.69) is 12.2 Å². The molecule has 0 aliphatic heterocycles. The Morgan fingerprint density at radius 3 is 2.81 bits per heavy atom. The lowest BCUT2D eigenvalue weighted by atomic mass is 10.1. The van der Waals surface area contributed by atoms with Gasteiger partial charge in [0.2, 0.25) is 0 Å². The maximum atomic E-state index is 10.8. The molecule has 86 valence electrons. The van der Waals surface area contributed by atoms with Crippen LogP contribution in [0.5, 0.6) is 0 Å². The maximum Gasteiger partial charge on any atom is 0.293 e. The summed E-state index contributed by atoms with van der Waals surface area (Å²) in [5.41, 5.74) is 0.756. The molecule has 0 amide bonds. The Morgan fingerprint density at radius 1 is 1.56 bits per heavy atom. The Balaban J connectivity index is 2.20. The number of hydrogen-bond acceptors (Lipinski definition) is 3. The predicted molar refractivity (Wildman–Crippen MR) is 63.9 cm³/mol. The monoisotopic (exact) mass is 240 g/mol. The number of nitrogens with one attached hydrogen (secondary N) is 1. The van der Waals surface area contributed by atoms with Crippen LogP contribution in [0.2, 0.25) is 5.02 Å². The van der Waals surface area contributed by atoms with Crippen LogP contribution in [0.3, 0.4) is 0 Å². The van der Waals surface area contributed by atoms with E-state index >= 15 is 0 Å². The number of rotatable bonds is 4. The van der Waals surface area contributed by atoms with E-state index in [4.69, 9.17) is 11.6 Å². The van der Waals surface area contributed by atoms with Crippen LogP contribution in [-0.4, -0.2) is 11.5 Å². The highest BCUT2D eigenvalue weighted by molar-refractivity contribution is 6.33. The minimum absolute atomic E-state index is 0.0387. The first kappa shape index (κ1) is 11.2. The van der Waals surface area contributed by atoms with Gasteiger partial charge in [-0.3, -0.25) is 10.1 Å². The highest BCUT2D eigenvalue weighted by Gasteiger charge is 2.37. The molecule has 0 unspecified atom stereocenters. The number of hydrogen-bond donors (Lipinski definition) is 1. The highest BCUT2D eigenvalue weighted by atomic mass is 35.5. The molecule has 0 atom stereocenters. The molecule has 0 spiro atoms. The Kier molecular flexibility index (Phi) is 2.76. The summed E-state index contributed by atoms with van der Waals surface area (Å²) in [4.78, 5) is 10.4. The zero-order valence-corrected chi connectivity index (χ0v) is 9.75. The molecular weight excluding hydrogens is 228 g/mol. The topological polar surface area (TPSA) is 55.2 Å². The van der Waals surface area contributed by atoms with E-state index < -0.39 is 4.92 Å². The molecule has 2 rings (SSSR count). The van der Waals surface area contributed by atoms with E-state index in [1.807, 2.05) is 0 Å². The fourth-order valence-corrected chi connectivity index (χ4v) is 1.77. The van der Waals surface area contributed by atoms with Crippen molar-refractivity contribution in [2.75, 3.05) is 11.9 Å². The summed E-state index contributed by atoms with van der Waals surface area (Å²) >= 11 is 5.96. The van der Waals surface area contributed by atoms with E-state index in [9.17, 15) is 10.1 Å². The van der Waals surface area contributed by atoms with Crippen LogP contribution in [-0.2, 0) is 0 Å². The van der Waals surface area contributed by atoms with Gasteiger partial charge in [-0.1, -0.05) is 24.6 Å². The van der Waals surface area contributed by atoms with E-state index in [0.717, 1.165) is 19.4 Å². The normalized spacial score (nSPS) is 16.9. The first-order valence-electron chi connectivity index (χ1n) is 5.19. The van der Waals surface area contributed by atoms with E-state index in [1.165, 1.54) is 6.07 Å². The quantitative estimate of drug-likeness (QED) is 0.648. The van der Waals surface area contributed by atoms with Gasteiger partial charge in [0.15, 0.2) is 0 Å². The molecule has 1 saturated carbocycles. The van der Waals surface area contributed by atoms with Gasteiger partial charge in [0.05, 0.1) is 9.95 Å². The average molecular weight is 241 g/mol.